The van der Waals surface area contributed by atoms with Gasteiger partial charge in [-0.1, -0.05) is 11.6 Å². The summed E-state index contributed by atoms with van der Waals surface area (Å²) in [5.74, 6) is 1.29. The summed E-state index contributed by atoms with van der Waals surface area (Å²) in [6.45, 7) is 1.66. The van der Waals surface area contributed by atoms with Gasteiger partial charge in [-0.3, -0.25) is 4.98 Å². The van der Waals surface area contributed by atoms with E-state index in [1.807, 2.05) is 0 Å². The molecule has 172 valence electrons. The van der Waals surface area contributed by atoms with Crippen molar-refractivity contribution < 1.29 is 23.3 Å². The van der Waals surface area contributed by atoms with Gasteiger partial charge in [-0.25, -0.2) is 18.7 Å². The Morgan fingerprint density at radius 3 is 2.48 bits per heavy atom. The van der Waals surface area contributed by atoms with Crippen molar-refractivity contribution in [3.05, 3.63) is 63.0 Å². The predicted molar refractivity (Wildman–Crippen MR) is 120 cm³/mol. The molecule has 0 saturated carbocycles. The maximum Gasteiger partial charge on any atom is 0.332 e. The van der Waals surface area contributed by atoms with Gasteiger partial charge in [-0.2, -0.15) is 4.98 Å². The first-order valence-electron chi connectivity index (χ1n) is 9.72. The standard InChI is InChI=1S/C22H20ClFN4O5/c1-11-25-20-19(21(26-11)32-4)27-22(29)28(20)15-9-18(17(31-3)8-14(15)23)33-10-12-7-13(24)5-6-16(12)30-2/h5-9H,10H2,1-4H3,(H,27,29). The van der Waals surface area contributed by atoms with Crippen LogP contribution in [0.4, 0.5) is 4.39 Å². The molecule has 0 fully saturated rings. The second-order valence-electron chi connectivity index (χ2n) is 6.94. The third-order valence-corrected chi connectivity index (χ3v) is 5.21. The van der Waals surface area contributed by atoms with Crippen LogP contribution in [0.2, 0.25) is 5.02 Å². The Balaban J connectivity index is 1.82. The number of methoxy groups -OCH3 is 3. The molecule has 9 nitrogen and oxygen atoms in total. The van der Waals surface area contributed by atoms with Crippen LogP contribution in [-0.2, 0) is 6.61 Å². The van der Waals surface area contributed by atoms with Gasteiger partial charge < -0.3 is 18.9 Å². The first-order chi connectivity index (χ1) is 15.9. The summed E-state index contributed by atoms with van der Waals surface area (Å²) in [7, 11) is 4.39. The number of aromatic nitrogens is 4. The van der Waals surface area contributed by atoms with Crippen LogP contribution in [0.3, 0.4) is 0 Å². The highest BCUT2D eigenvalue weighted by Crippen LogP contribution is 2.37. The number of nitrogens with zero attached hydrogens (tertiary/aromatic N) is 3. The first kappa shape index (κ1) is 22.4. The van der Waals surface area contributed by atoms with Crippen LogP contribution < -0.4 is 24.6 Å². The fourth-order valence-corrected chi connectivity index (χ4v) is 3.66. The summed E-state index contributed by atoms with van der Waals surface area (Å²) in [4.78, 5) is 24.1. The van der Waals surface area contributed by atoms with E-state index < -0.39 is 11.5 Å². The summed E-state index contributed by atoms with van der Waals surface area (Å²) in [6.07, 6.45) is 0. The van der Waals surface area contributed by atoms with Crippen molar-refractivity contribution in [1.29, 1.82) is 0 Å². The van der Waals surface area contributed by atoms with E-state index in [-0.39, 0.29) is 28.9 Å². The normalized spacial score (nSPS) is 11.0. The van der Waals surface area contributed by atoms with Crippen molar-refractivity contribution in [1.82, 2.24) is 19.5 Å². The number of benzene rings is 2. The minimum absolute atomic E-state index is 0.0176. The Labute approximate surface area is 192 Å². The SMILES string of the molecule is COc1ccc(F)cc1COc1cc(-n2c(=O)[nH]c3c(OC)nc(C)nc32)c(Cl)cc1OC. The lowest BCUT2D eigenvalue weighted by Gasteiger charge is -2.15. The van der Waals surface area contributed by atoms with Gasteiger partial charge in [0.05, 0.1) is 32.0 Å². The number of nitrogens with one attached hydrogen (secondary N) is 1. The molecule has 0 spiro atoms. The van der Waals surface area contributed by atoms with Crippen LogP contribution in [-0.4, -0.2) is 40.8 Å². The number of fused-ring (bicyclic) bond motifs is 1. The number of H-pyrrole nitrogens is 1. The Bertz CT molecular complexity index is 1400. The average Bonchev–Trinajstić information content (AvgIpc) is 3.12. The number of rotatable bonds is 7. The van der Waals surface area contributed by atoms with E-state index in [2.05, 4.69) is 15.0 Å². The van der Waals surface area contributed by atoms with E-state index in [0.717, 1.165) is 0 Å². The summed E-state index contributed by atoms with van der Waals surface area (Å²) in [6, 6.07) is 7.19. The maximum absolute atomic E-state index is 13.7. The van der Waals surface area contributed by atoms with Crippen LogP contribution in [0.5, 0.6) is 23.1 Å². The zero-order valence-electron chi connectivity index (χ0n) is 18.2. The van der Waals surface area contributed by atoms with Gasteiger partial charge in [-0.15, -0.1) is 0 Å². The van der Waals surface area contributed by atoms with E-state index in [1.54, 1.807) is 13.0 Å². The van der Waals surface area contributed by atoms with Crippen molar-refractivity contribution in [3.8, 4) is 28.8 Å². The molecule has 2 aromatic heterocycles. The van der Waals surface area contributed by atoms with Gasteiger partial charge in [0.15, 0.2) is 17.1 Å². The number of halogens is 2. The second-order valence-corrected chi connectivity index (χ2v) is 7.35. The summed E-state index contributed by atoms with van der Waals surface area (Å²) >= 11 is 6.49. The third kappa shape index (κ3) is 4.17. The molecule has 11 heteroatoms. The van der Waals surface area contributed by atoms with Crippen LogP contribution in [0.15, 0.2) is 35.1 Å². The second kappa shape index (κ2) is 8.99. The lowest BCUT2D eigenvalue weighted by molar-refractivity contribution is 0.277. The molecule has 0 amide bonds. The summed E-state index contributed by atoms with van der Waals surface area (Å²) < 4.78 is 36.9. The number of aryl methyl sites for hydroxylation is 1. The molecule has 4 aromatic rings. The summed E-state index contributed by atoms with van der Waals surface area (Å²) in [5, 5.41) is 0.223. The molecular weight excluding hydrogens is 455 g/mol. The van der Waals surface area contributed by atoms with E-state index >= 15 is 0 Å². The number of aromatic amines is 1. The van der Waals surface area contributed by atoms with Crippen molar-refractivity contribution >= 4 is 22.8 Å². The topological polar surface area (TPSA) is 100 Å². The van der Waals surface area contributed by atoms with Gasteiger partial charge in [-0.05, 0) is 25.1 Å². The molecule has 0 bridgehead atoms. The molecule has 0 radical (unpaired) electrons. The fourth-order valence-electron chi connectivity index (χ4n) is 3.42. The Morgan fingerprint density at radius 2 is 1.79 bits per heavy atom. The molecule has 4 rings (SSSR count). The maximum atomic E-state index is 13.7. The smallest absolute Gasteiger partial charge is 0.332 e. The van der Waals surface area contributed by atoms with Crippen LogP contribution >= 0.6 is 11.6 Å². The average molecular weight is 475 g/mol. The van der Waals surface area contributed by atoms with Crippen molar-refractivity contribution in [2.75, 3.05) is 21.3 Å². The molecule has 2 heterocycles. The molecule has 0 unspecified atom stereocenters. The van der Waals surface area contributed by atoms with E-state index in [4.69, 9.17) is 30.5 Å². The molecule has 0 aliphatic carbocycles. The minimum Gasteiger partial charge on any atom is -0.496 e. The number of hydrogen-bond donors (Lipinski definition) is 1. The summed E-state index contributed by atoms with van der Waals surface area (Å²) in [5.41, 5.74) is 0.914. The largest absolute Gasteiger partial charge is 0.496 e. The van der Waals surface area contributed by atoms with E-state index in [0.29, 0.717) is 34.1 Å². The van der Waals surface area contributed by atoms with Crippen LogP contribution in [0, 0.1) is 12.7 Å². The highest BCUT2D eigenvalue weighted by Gasteiger charge is 2.20. The zero-order chi connectivity index (χ0) is 23.7. The molecule has 0 saturated heterocycles. The molecule has 0 aliphatic rings. The van der Waals surface area contributed by atoms with Crippen molar-refractivity contribution in [2.24, 2.45) is 0 Å². The number of hydrogen-bond acceptors (Lipinski definition) is 7. The van der Waals surface area contributed by atoms with Crippen LogP contribution in [0.1, 0.15) is 11.4 Å². The molecular formula is C22H20ClFN4O5. The molecule has 1 N–H and O–H groups in total. The predicted octanol–water partition coefficient (Wildman–Crippen LogP) is 3.81. The monoisotopic (exact) mass is 474 g/mol. The van der Waals surface area contributed by atoms with E-state index in [1.165, 1.54) is 50.2 Å². The highest BCUT2D eigenvalue weighted by atomic mass is 35.5. The number of imidazole rings is 1. The van der Waals surface area contributed by atoms with Crippen LogP contribution in [0.25, 0.3) is 16.9 Å². The van der Waals surface area contributed by atoms with Crippen molar-refractivity contribution in [3.63, 3.8) is 0 Å². The minimum atomic E-state index is -0.493. The van der Waals surface area contributed by atoms with Crippen molar-refractivity contribution in [2.45, 2.75) is 13.5 Å². The Morgan fingerprint density at radius 1 is 1.03 bits per heavy atom. The highest BCUT2D eigenvalue weighted by molar-refractivity contribution is 6.32. The molecule has 0 atom stereocenters. The zero-order valence-corrected chi connectivity index (χ0v) is 19.0. The lowest BCUT2D eigenvalue weighted by atomic mass is 10.2. The molecule has 33 heavy (non-hydrogen) atoms. The number of ether oxygens (including phenoxy) is 4. The van der Waals surface area contributed by atoms with Gasteiger partial charge in [0.1, 0.15) is 29.5 Å². The Kier molecular flexibility index (Phi) is 6.10. The van der Waals surface area contributed by atoms with Gasteiger partial charge >= 0.3 is 5.69 Å². The lowest BCUT2D eigenvalue weighted by Crippen LogP contribution is -2.16. The van der Waals surface area contributed by atoms with Gasteiger partial charge in [0, 0.05) is 17.7 Å². The van der Waals surface area contributed by atoms with Gasteiger partial charge in [0.2, 0.25) is 5.88 Å². The van der Waals surface area contributed by atoms with Gasteiger partial charge in [0.25, 0.3) is 0 Å². The fraction of sp³-hybridized carbons (Fsp3) is 0.227. The quantitative estimate of drug-likeness (QED) is 0.434. The third-order valence-electron chi connectivity index (χ3n) is 4.91. The molecule has 2 aromatic carbocycles. The first-order valence-corrected chi connectivity index (χ1v) is 10.1. The Hall–Kier alpha value is -3.79. The van der Waals surface area contributed by atoms with E-state index in [9.17, 15) is 9.18 Å². The molecule has 0 aliphatic heterocycles.